The predicted molar refractivity (Wildman–Crippen MR) is 113 cm³/mol. The zero-order valence-electron chi connectivity index (χ0n) is 16.1. The van der Waals surface area contributed by atoms with Gasteiger partial charge in [0.05, 0.1) is 11.8 Å². The third-order valence-electron chi connectivity index (χ3n) is 6.38. The van der Waals surface area contributed by atoms with E-state index in [4.69, 9.17) is 0 Å². The number of hydrogen-bond acceptors (Lipinski definition) is 5. The molecule has 2 N–H and O–H groups in total. The van der Waals surface area contributed by atoms with Crippen molar-refractivity contribution < 1.29 is 14.4 Å². The molecule has 1 aromatic carbocycles. The van der Waals surface area contributed by atoms with E-state index in [0.717, 1.165) is 22.2 Å². The topological polar surface area (TPSA) is 78.5 Å². The number of imide groups is 1. The first-order chi connectivity index (χ1) is 13.4. The van der Waals surface area contributed by atoms with E-state index in [9.17, 15) is 14.4 Å². The van der Waals surface area contributed by atoms with Crippen molar-refractivity contribution in [2.45, 2.75) is 44.3 Å². The van der Waals surface area contributed by atoms with Crippen LogP contribution in [0.25, 0.3) is 0 Å². The molecular formula is C20H24BrN3O3S. The maximum atomic E-state index is 13.5. The quantitative estimate of drug-likeness (QED) is 0.653. The van der Waals surface area contributed by atoms with E-state index in [1.54, 1.807) is 11.8 Å². The summed E-state index contributed by atoms with van der Waals surface area (Å²) < 4.78 is 0.837. The molecule has 0 aliphatic carbocycles. The first kappa shape index (κ1) is 19.9. The van der Waals surface area contributed by atoms with Gasteiger partial charge in [-0.1, -0.05) is 22.9 Å². The Morgan fingerprint density at radius 1 is 1.29 bits per heavy atom. The molecule has 0 radical (unpaired) electrons. The molecule has 2 saturated heterocycles. The Morgan fingerprint density at radius 3 is 2.71 bits per heavy atom. The maximum absolute atomic E-state index is 13.5. The summed E-state index contributed by atoms with van der Waals surface area (Å²) in [7, 11) is 0. The molecule has 4 rings (SSSR count). The van der Waals surface area contributed by atoms with Crippen LogP contribution in [0.15, 0.2) is 22.7 Å². The van der Waals surface area contributed by atoms with Crippen molar-refractivity contribution in [2.24, 2.45) is 11.8 Å². The van der Waals surface area contributed by atoms with Gasteiger partial charge in [0.1, 0.15) is 5.54 Å². The number of nitrogens with zero attached hydrogens (tertiary/aromatic N) is 1. The standard InChI is InChI=1S/C20H24BrN3O3S/c1-4-10(2)24-17(25)15-14(7-8-28-3)23-20(16(15)18(24)26)12-9-11(21)5-6-13(12)22-19(20)27/h5-6,9-10,14-16,23H,4,7-8H2,1-3H3,(H,22,27). The van der Waals surface area contributed by atoms with Crippen LogP contribution in [-0.4, -0.2) is 46.7 Å². The molecule has 28 heavy (non-hydrogen) atoms. The van der Waals surface area contributed by atoms with Crippen LogP contribution in [-0.2, 0) is 19.9 Å². The lowest BCUT2D eigenvalue weighted by molar-refractivity contribution is -0.145. The van der Waals surface area contributed by atoms with E-state index in [2.05, 4.69) is 26.6 Å². The van der Waals surface area contributed by atoms with Crippen LogP contribution in [0.4, 0.5) is 5.69 Å². The summed E-state index contributed by atoms with van der Waals surface area (Å²) in [5, 5.41) is 6.39. The van der Waals surface area contributed by atoms with Gasteiger partial charge in [0.2, 0.25) is 17.7 Å². The molecule has 0 aromatic heterocycles. The van der Waals surface area contributed by atoms with Crippen LogP contribution in [0.5, 0.6) is 0 Å². The zero-order valence-corrected chi connectivity index (χ0v) is 18.5. The second kappa shape index (κ2) is 7.15. The van der Waals surface area contributed by atoms with Crippen molar-refractivity contribution in [2.75, 3.05) is 17.3 Å². The Hall–Kier alpha value is -1.38. The molecule has 3 aliphatic rings. The van der Waals surface area contributed by atoms with Crippen molar-refractivity contribution in [3.05, 3.63) is 28.2 Å². The molecule has 1 aromatic rings. The molecule has 6 nitrogen and oxygen atoms in total. The van der Waals surface area contributed by atoms with Crippen molar-refractivity contribution >= 4 is 51.1 Å². The molecule has 5 unspecified atom stereocenters. The van der Waals surface area contributed by atoms with Crippen LogP contribution < -0.4 is 10.6 Å². The van der Waals surface area contributed by atoms with Crippen molar-refractivity contribution in [3.63, 3.8) is 0 Å². The van der Waals surface area contributed by atoms with Crippen molar-refractivity contribution in [3.8, 4) is 0 Å². The van der Waals surface area contributed by atoms with E-state index in [0.29, 0.717) is 12.1 Å². The molecular weight excluding hydrogens is 442 g/mol. The minimum atomic E-state index is -1.19. The summed E-state index contributed by atoms with van der Waals surface area (Å²) in [4.78, 5) is 41.5. The van der Waals surface area contributed by atoms with Crippen LogP contribution in [0, 0.1) is 11.8 Å². The highest BCUT2D eigenvalue weighted by atomic mass is 79.9. The monoisotopic (exact) mass is 465 g/mol. The Kier molecular flexibility index (Phi) is 5.08. The molecule has 3 amide bonds. The molecule has 3 aliphatic heterocycles. The van der Waals surface area contributed by atoms with Gasteiger partial charge in [-0.15, -0.1) is 0 Å². The minimum absolute atomic E-state index is 0.143. The number of thioether (sulfide) groups is 1. The van der Waals surface area contributed by atoms with E-state index in [-0.39, 0.29) is 29.8 Å². The number of nitrogens with one attached hydrogen (secondary N) is 2. The highest BCUT2D eigenvalue weighted by Crippen LogP contribution is 2.54. The SMILES string of the molecule is CCC(C)N1C(=O)C2C(CCSC)NC3(C(=O)Nc4ccc(Br)cc43)C2C1=O. The Morgan fingerprint density at radius 2 is 2.04 bits per heavy atom. The average molecular weight is 466 g/mol. The van der Waals surface area contributed by atoms with E-state index >= 15 is 0 Å². The highest BCUT2D eigenvalue weighted by molar-refractivity contribution is 9.10. The number of fused-ring (bicyclic) bond motifs is 4. The summed E-state index contributed by atoms with van der Waals surface area (Å²) >= 11 is 5.18. The molecule has 0 bridgehead atoms. The number of amides is 3. The normalized spacial score (nSPS) is 32.1. The number of anilines is 1. The molecule has 2 fully saturated rings. The predicted octanol–water partition coefficient (Wildman–Crippen LogP) is 2.72. The van der Waals surface area contributed by atoms with Crippen LogP contribution in [0.2, 0.25) is 0 Å². The number of likely N-dealkylation sites (tertiary alicyclic amines) is 1. The lowest BCUT2D eigenvalue weighted by Crippen LogP contribution is -2.54. The zero-order chi connectivity index (χ0) is 20.2. The molecule has 150 valence electrons. The fraction of sp³-hybridized carbons (Fsp3) is 0.550. The second-order valence-corrected chi connectivity index (χ2v) is 9.69. The summed E-state index contributed by atoms with van der Waals surface area (Å²) in [5.41, 5.74) is 0.259. The van der Waals surface area contributed by atoms with Gasteiger partial charge in [0.15, 0.2) is 0 Å². The minimum Gasteiger partial charge on any atom is -0.324 e. The van der Waals surface area contributed by atoms with Gasteiger partial charge in [-0.2, -0.15) is 11.8 Å². The molecule has 1 spiro atoms. The molecule has 0 saturated carbocycles. The van der Waals surface area contributed by atoms with Gasteiger partial charge in [0.25, 0.3) is 0 Å². The van der Waals surface area contributed by atoms with Gasteiger partial charge in [-0.3, -0.25) is 24.6 Å². The molecule has 8 heteroatoms. The first-order valence-electron chi connectivity index (χ1n) is 9.61. The number of rotatable bonds is 5. The smallest absolute Gasteiger partial charge is 0.250 e. The van der Waals surface area contributed by atoms with Crippen LogP contribution in [0.3, 0.4) is 0 Å². The van der Waals surface area contributed by atoms with Gasteiger partial charge in [-0.05, 0) is 50.0 Å². The summed E-state index contributed by atoms with van der Waals surface area (Å²) in [6.07, 6.45) is 3.44. The third-order valence-corrected chi connectivity index (χ3v) is 7.51. The summed E-state index contributed by atoms with van der Waals surface area (Å²) in [5.74, 6) is -0.980. The summed E-state index contributed by atoms with van der Waals surface area (Å²) in [6.45, 7) is 3.86. The van der Waals surface area contributed by atoms with Gasteiger partial charge in [-0.25, -0.2) is 0 Å². The largest absolute Gasteiger partial charge is 0.324 e. The summed E-state index contributed by atoms with van der Waals surface area (Å²) in [6, 6.07) is 5.21. The number of halogens is 1. The third kappa shape index (κ3) is 2.60. The number of hydrogen-bond donors (Lipinski definition) is 2. The van der Waals surface area contributed by atoms with E-state index in [1.165, 1.54) is 4.90 Å². The van der Waals surface area contributed by atoms with Gasteiger partial charge in [0, 0.05) is 27.8 Å². The number of carbonyl (C=O) groups is 3. The van der Waals surface area contributed by atoms with Crippen LogP contribution >= 0.6 is 27.7 Å². The Labute approximate surface area is 177 Å². The Bertz CT molecular complexity index is 863. The second-order valence-electron chi connectivity index (χ2n) is 7.79. The van der Waals surface area contributed by atoms with Crippen molar-refractivity contribution in [1.29, 1.82) is 0 Å². The van der Waals surface area contributed by atoms with Crippen molar-refractivity contribution in [1.82, 2.24) is 10.2 Å². The molecule has 3 heterocycles. The first-order valence-corrected chi connectivity index (χ1v) is 11.8. The average Bonchev–Trinajstić information content (AvgIpc) is 3.25. The lowest BCUT2D eigenvalue weighted by atomic mass is 9.76. The number of carbonyl (C=O) groups excluding carboxylic acids is 3. The van der Waals surface area contributed by atoms with E-state index in [1.807, 2.05) is 38.3 Å². The molecule has 5 atom stereocenters. The van der Waals surface area contributed by atoms with Gasteiger partial charge >= 0.3 is 0 Å². The Balaban J connectivity index is 1.86. The maximum Gasteiger partial charge on any atom is 0.250 e. The van der Waals surface area contributed by atoms with Crippen LogP contribution in [0.1, 0.15) is 32.3 Å². The van der Waals surface area contributed by atoms with Gasteiger partial charge < -0.3 is 5.32 Å². The fourth-order valence-corrected chi connectivity index (χ4v) is 5.76. The lowest BCUT2D eigenvalue weighted by Gasteiger charge is -2.31. The fourth-order valence-electron chi connectivity index (χ4n) is 4.91. The number of benzene rings is 1. The highest BCUT2D eigenvalue weighted by Gasteiger charge is 2.70. The van der Waals surface area contributed by atoms with E-state index < -0.39 is 17.4 Å².